The topological polar surface area (TPSA) is 135 Å². The number of halogens is 3. The number of carbonyl (C=O) groups is 3. The van der Waals surface area contributed by atoms with Gasteiger partial charge in [-0.1, -0.05) is 56.0 Å². The lowest BCUT2D eigenvalue weighted by Crippen LogP contribution is -2.41. The fourth-order valence-corrected chi connectivity index (χ4v) is 5.86. The SMILES string of the molecule is O=C(N[C@H](c1cn2nc(CC3(C(=O)O)C[C@@H](C(F)(F)F)NC3=O)ccc2n1)C1CCCCCC1)OCc1ccccc1. The summed E-state index contributed by atoms with van der Waals surface area (Å²) in [6.45, 7) is 0.105. The Morgan fingerprint density at radius 3 is 2.48 bits per heavy atom. The van der Waals surface area contributed by atoms with Gasteiger partial charge in [-0.05, 0) is 36.5 Å². The molecule has 0 spiro atoms. The predicted octanol–water partition coefficient (Wildman–Crippen LogP) is 4.73. The Balaban J connectivity index is 1.38. The molecule has 1 aromatic carbocycles. The van der Waals surface area contributed by atoms with E-state index >= 15 is 0 Å². The molecule has 13 heteroatoms. The number of carboxylic acid groups (broad SMARTS) is 1. The molecule has 42 heavy (non-hydrogen) atoms. The molecule has 1 aliphatic heterocycles. The van der Waals surface area contributed by atoms with Crippen LogP contribution in [0.4, 0.5) is 18.0 Å². The third-order valence-corrected chi connectivity index (χ3v) is 8.15. The van der Waals surface area contributed by atoms with Crippen LogP contribution >= 0.6 is 0 Å². The summed E-state index contributed by atoms with van der Waals surface area (Å²) >= 11 is 0. The van der Waals surface area contributed by atoms with Crippen molar-refractivity contribution in [3.05, 3.63) is 65.6 Å². The minimum Gasteiger partial charge on any atom is -0.480 e. The Morgan fingerprint density at radius 2 is 1.83 bits per heavy atom. The largest absolute Gasteiger partial charge is 0.480 e. The zero-order chi connectivity index (χ0) is 29.9. The minimum atomic E-state index is -4.77. The first-order valence-electron chi connectivity index (χ1n) is 14.0. The monoisotopic (exact) mass is 587 g/mol. The van der Waals surface area contributed by atoms with Crippen molar-refractivity contribution in [1.29, 1.82) is 0 Å². The van der Waals surface area contributed by atoms with Crippen molar-refractivity contribution in [2.75, 3.05) is 0 Å². The van der Waals surface area contributed by atoms with Crippen LogP contribution in [-0.4, -0.2) is 49.9 Å². The van der Waals surface area contributed by atoms with Gasteiger partial charge in [0.2, 0.25) is 5.91 Å². The highest BCUT2D eigenvalue weighted by Crippen LogP contribution is 2.40. The molecule has 1 aliphatic carbocycles. The number of carbonyl (C=O) groups excluding carboxylic acids is 2. The lowest BCUT2D eigenvalue weighted by molar-refractivity contribution is -0.158. The Hall–Kier alpha value is -4.16. The Labute approximate surface area is 239 Å². The quantitative estimate of drug-likeness (QED) is 0.256. The van der Waals surface area contributed by atoms with Crippen LogP contribution in [0.25, 0.3) is 5.65 Å². The molecule has 0 radical (unpaired) electrons. The molecule has 3 aromatic rings. The van der Waals surface area contributed by atoms with Crippen LogP contribution in [0.5, 0.6) is 0 Å². The average molecular weight is 588 g/mol. The van der Waals surface area contributed by atoms with Gasteiger partial charge in [0.15, 0.2) is 11.1 Å². The van der Waals surface area contributed by atoms with Crippen molar-refractivity contribution >= 4 is 23.6 Å². The number of aromatic nitrogens is 3. The Bertz CT molecular complexity index is 1440. The van der Waals surface area contributed by atoms with E-state index in [1.165, 1.54) is 10.6 Å². The van der Waals surface area contributed by atoms with Crippen molar-refractivity contribution in [3.63, 3.8) is 0 Å². The van der Waals surface area contributed by atoms with E-state index in [0.717, 1.165) is 44.1 Å². The number of carboxylic acids is 1. The highest BCUT2D eigenvalue weighted by atomic mass is 19.4. The number of hydrogen-bond acceptors (Lipinski definition) is 6. The fraction of sp³-hybridized carbons (Fsp3) is 0.483. The summed E-state index contributed by atoms with van der Waals surface area (Å²) in [5.41, 5.74) is -0.406. The average Bonchev–Trinajstić information content (AvgIpc) is 3.41. The normalized spacial score (nSPS) is 22.4. The van der Waals surface area contributed by atoms with E-state index < -0.39 is 54.5 Å². The molecule has 10 nitrogen and oxygen atoms in total. The third kappa shape index (κ3) is 6.34. The molecule has 2 fully saturated rings. The molecule has 2 amide bonds. The molecule has 1 unspecified atom stereocenters. The van der Waals surface area contributed by atoms with Gasteiger partial charge in [-0.25, -0.2) is 14.3 Å². The van der Waals surface area contributed by atoms with Crippen molar-refractivity contribution in [3.8, 4) is 0 Å². The van der Waals surface area contributed by atoms with Crippen LogP contribution in [0.1, 0.15) is 67.9 Å². The van der Waals surface area contributed by atoms with E-state index in [1.54, 1.807) is 17.6 Å². The van der Waals surface area contributed by atoms with E-state index in [1.807, 2.05) is 30.3 Å². The summed E-state index contributed by atoms with van der Waals surface area (Å²) in [5.74, 6) is -2.75. The predicted molar refractivity (Wildman–Crippen MR) is 143 cm³/mol. The molecule has 3 atom stereocenters. The number of fused-ring (bicyclic) bond motifs is 1. The van der Waals surface area contributed by atoms with Gasteiger partial charge in [-0.2, -0.15) is 18.3 Å². The highest BCUT2D eigenvalue weighted by molar-refractivity contribution is 6.04. The first kappa shape index (κ1) is 29.3. The zero-order valence-electron chi connectivity index (χ0n) is 22.8. The van der Waals surface area contributed by atoms with Crippen LogP contribution in [0.2, 0.25) is 0 Å². The highest BCUT2D eigenvalue weighted by Gasteiger charge is 2.59. The number of nitrogens with one attached hydrogen (secondary N) is 2. The smallest absolute Gasteiger partial charge is 0.408 e. The number of aliphatic carboxylic acids is 1. The minimum absolute atomic E-state index is 0.0953. The molecule has 3 heterocycles. The van der Waals surface area contributed by atoms with Gasteiger partial charge in [0.05, 0.1) is 23.6 Å². The number of imidazole rings is 1. The fourth-order valence-electron chi connectivity index (χ4n) is 5.86. The molecule has 2 aliphatic rings. The molecule has 1 saturated heterocycles. The van der Waals surface area contributed by atoms with E-state index in [2.05, 4.69) is 15.4 Å². The molecule has 0 bridgehead atoms. The maximum atomic E-state index is 13.3. The Morgan fingerprint density at radius 1 is 1.12 bits per heavy atom. The van der Waals surface area contributed by atoms with Gasteiger partial charge in [-0.3, -0.25) is 9.59 Å². The lowest BCUT2D eigenvalue weighted by Gasteiger charge is -2.25. The zero-order valence-corrected chi connectivity index (χ0v) is 22.8. The summed E-state index contributed by atoms with van der Waals surface area (Å²) in [6, 6.07) is 9.58. The van der Waals surface area contributed by atoms with Crippen LogP contribution in [0.15, 0.2) is 48.7 Å². The number of ether oxygens (including phenoxy) is 1. The van der Waals surface area contributed by atoms with Gasteiger partial charge in [0.25, 0.3) is 0 Å². The van der Waals surface area contributed by atoms with Crippen LogP contribution < -0.4 is 10.6 Å². The summed E-state index contributed by atoms with van der Waals surface area (Å²) in [5, 5.41) is 19.0. The lowest BCUT2D eigenvalue weighted by atomic mass is 9.80. The molecule has 2 aromatic heterocycles. The van der Waals surface area contributed by atoms with E-state index in [0.29, 0.717) is 11.3 Å². The van der Waals surface area contributed by atoms with Gasteiger partial charge in [0, 0.05) is 12.8 Å². The number of nitrogens with zero attached hydrogens (tertiary/aromatic N) is 3. The number of hydrogen-bond donors (Lipinski definition) is 3. The molecule has 3 N–H and O–H groups in total. The van der Waals surface area contributed by atoms with E-state index in [-0.39, 0.29) is 18.2 Å². The summed E-state index contributed by atoms with van der Waals surface area (Å²) in [7, 11) is 0. The second kappa shape index (κ2) is 12.0. The first-order valence-corrected chi connectivity index (χ1v) is 14.0. The third-order valence-electron chi connectivity index (χ3n) is 8.15. The summed E-state index contributed by atoms with van der Waals surface area (Å²) in [6.07, 6.45) is 0.786. The number of amides is 2. The van der Waals surface area contributed by atoms with Crippen LogP contribution in [0, 0.1) is 11.3 Å². The molecular formula is C29H32F3N5O5. The van der Waals surface area contributed by atoms with Crippen LogP contribution in [-0.2, 0) is 27.4 Å². The van der Waals surface area contributed by atoms with Crippen molar-refractivity contribution in [1.82, 2.24) is 25.2 Å². The number of alkyl carbamates (subject to hydrolysis) is 1. The second-order valence-corrected chi connectivity index (χ2v) is 11.1. The standard InChI is InChI=1S/C29H32F3N5O5/c30-29(31,32)22-15-28(26(39)40,25(38)34-22)14-20-12-13-23-33-21(16-37(23)36-20)24(19-10-6-1-2-7-11-19)35-27(41)42-17-18-8-4-3-5-9-18/h3-5,8-9,12-13,16,19,22,24H,1-2,6-7,10-11,14-15,17H2,(H,34,38)(H,35,41)(H,39,40)/t22-,24-,28?/m0/s1. The second-order valence-electron chi connectivity index (χ2n) is 11.1. The van der Waals surface area contributed by atoms with Crippen LogP contribution in [0.3, 0.4) is 0 Å². The van der Waals surface area contributed by atoms with Crippen molar-refractivity contribution in [2.24, 2.45) is 11.3 Å². The molecule has 1 saturated carbocycles. The van der Waals surface area contributed by atoms with E-state index in [4.69, 9.17) is 4.74 Å². The van der Waals surface area contributed by atoms with E-state index in [9.17, 15) is 32.7 Å². The van der Waals surface area contributed by atoms with Gasteiger partial charge in [0.1, 0.15) is 12.6 Å². The first-order chi connectivity index (χ1) is 20.0. The van der Waals surface area contributed by atoms with Crippen molar-refractivity contribution in [2.45, 2.75) is 76.2 Å². The number of alkyl halides is 3. The number of benzene rings is 1. The molecule has 224 valence electrons. The summed E-state index contributed by atoms with van der Waals surface area (Å²) < 4.78 is 46.8. The Kier molecular flexibility index (Phi) is 8.37. The molecule has 5 rings (SSSR count). The maximum absolute atomic E-state index is 13.3. The number of rotatable bonds is 8. The summed E-state index contributed by atoms with van der Waals surface area (Å²) in [4.78, 5) is 42.1. The van der Waals surface area contributed by atoms with Gasteiger partial charge in [-0.15, -0.1) is 0 Å². The maximum Gasteiger partial charge on any atom is 0.408 e. The van der Waals surface area contributed by atoms with Gasteiger partial charge < -0.3 is 20.5 Å². The molecular weight excluding hydrogens is 555 g/mol. The van der Waals surface area contributed by atoms with Crippen molar-refractivity contribution < 1.29 is 37.4 Å². The van der Waals surface area contributed by atoms with Gasteiger partial charge >= 0.3 is 18.2 Å².